The number of hydrogen-bond donors (Lipinski definition) is 2. The molecular formula is C7H18O4. The Bertz CT molecular complexity index is 56.4. The lowest BCUT2D eigenvalue weighted by atomic mass is 10.2. The van der Waals surface area contributed by atoms with Crippen LogP contribution in [0.25, 0.3) is 0 Å². The molecule has 0 aliphatic rings. The van der Waals surface area contributed by atoms with Gasteiger partial charge in [-0.05, 0) is 0 Å². The smallest absolute Gasteiger partial charge is 0.143 e. The van der Waals surface area contributed by atoms with E-state index < -0.39 is 0 Å². The van der Waals surface area contributed by atoms with E-state index in [4.69, 9.17) is 14.9 Å². The van der Waals surface area contributed by atoms with Crippen molar-refractivity contribution in [3.05, 3.63) is 0 Å². The summed E-state index contributed by atoms with van der Waals surface area (Å²) < 4.78 is 8.83. The number of ether oxygens (including phenoxy) is 2. The molecule has 0 bridgehead atoms. The fourth-order valence-corrected chi connectivity index (χ4v) is 0.337. The lowest BCUT2D eigenvalue weighted by Gasteiger charge is -2.02. The van der Waals surface area contributed by atoms with E-state index in [1.54, 1.807) is 7.11 Å². The lowest BCUT2D eigenvalue weighted by Crippen LogP contribution is -2.07. The van der Waals surface area contributed by atoms with E-state index in [-0.39, 0.29) is 19.3 Å². The van der Waals surface area contributed by atoms with Gasteiger partial charge < -0.3 is 19.7 Å². The quantitative estimate of drug-likeness (QED) is 0.570. The van der Waals surface area contributed by atoms with Crippen LogP contribution in [0.15, 0.2) is 0 Å². The molecule has 0 saturated carbocycles. The highest BCUT2D eigenvalue weighted by atomic mass is 16.6. The molecule has 0 heterocycles. The first-order valence-electron chi connectivity index (χ1n) is 3.42. The Morgan fingerprint density at radius 3 is 1.73 bits per heavy atom. The molecule has 0 radical (unpaired) electrons. The summed E-state index contributed by atoms with van der Waals surface area (Å²) in [7, 11) is 3.06. The van der Waals surface area contributed by atoms with Crippen molar-refractivity contribution in [2.75, 3.05) is 34.2 Å². The molecule has 11 heavy (non-hydrogen) atoms. The van der Waals surface area contributed by atoms with E-state index in [9.17, 15) is 0 Å². The van der Waals surface area contributed by atoms with Crippen LogP contribution in [0.5, 0.6) is 0 Å². The molecule has 70 valence electrons. The lowest BCUT2D eigenvalue weighted by molar-refractivity contribution is 0.0325. The highest BCUT2D eigenvalue weighted by Crippen LogP contribution is 1.89. The van der Waals surface area contributed by atoms with E-state index >= 15 is 0 Å². The number of rotatable bonds is 4. The third kappa shape index (κ3) is 17.7. The van der Waals surface area contributed by atoms with E-state index in [1.165, 1.54) is 7.11 Å². The van der Waals surface area contributed by atoms with Gasteiger partial charge in [-0.25, -0.2) is 0 Å². The van der Waals surface area contributed by atoms with Crippen molar-refractivity contribution in [1.29, 1.82) is 0 Å². The highest BCUT2D eigenvalue weighted by molar-refractivity contribution is 4.43. The van der Waals surface area contributed by atoms with Gasteiger partial charge in [0.2, 0.25) is 0 Å². The summed E-state index contributed by atoms with van der Waals surface area (Å²) in [5.41, 5.74) is 0. The third-order valence-corrected chi connectivity index (χ3v) is 0.892. The van der Waals surface area contributed by atoms with Gasteiger partial charge in [-0.3, -0.25) is 0 Å². The second-order valence-corrected chi connectivity index (χ2v) is 2.16. The van der Waals surface area contributed by atoms with Gasteiger partial charge in [0.05, 0.1) is 6.61 Å². The number of hydrogen-bond acceptors (Lipinski definition) is 4. The molecule has 1 atom stereocenters. The van der Waals surface area contributed by atoms with Crippen LogP contribution in [0, 0.1) is 5.92 Å². The first-order chi connectivity index (χ1) is 5.22. The Labute approximate surface area is 67.8 Å². The zero-order valence-corrected chi connectivity index (χ0v) is 7.41. The van der Waals surface area contributed by atoms with E-state index in [0.29, 0.717) is 6.61 Å². The Kier molecular flexibility index (Phi) is 15.3. The topological polar surface area (TPSA) is 58.9 Å². The molecular weight excluding hydrogens is 148 g/mol. The van der Waals surface area contributed by atoms with Crippen LogP contribution in [0.2, 0.25) is 0 Å². The monoisotopic (exact) mass is 166 g/mol. The molecule has 4 heteroatoms. The van der Waals surface area contributed by atoms with E-state index in [1.807, 2.05) is 6.92 Å². The summed E-state index contributed by atoms with van der Waals surface area (Å²) in [6.07, 6.45) is 0. The van der Waals surface area contributed by atoms with Gasteiger partial charge in [-0.15, -0.1) is 0 Å². The van der Waals surface area contributed by atoms with Crippen molar-refractivity contribution in [1.82, 2.24) is 0 Å². The molecule has 1 unspecified atom stereocenters. The standard InChI is InChI=1S/C5H12O2.C2H6O2/c1-5(3-6)4-7-2;1-4-2-3/h5-6H,3-4H2,1-2H3;3H,2H2,1H3. The first kappa shape index (κ1) is 13.4. The molecule has 0 fully saturated rings. The number of aliphatic hydroxyl groups is 2. The maximum absolute atomic E-state index is 8.39. The second kappa shape index (κ2) is 12.5. The van der Waals surface area contributed by atoms with Crippen LogP contribution in [0.4, 0.5) is 0 Å². The van der Waals surface area contributed by atoms with Gasteiger partial charge in [-0.2, -0.15) is 0 Å². The molecule has 0 amide bonds. The van der Waals surface area contributed by atoms with Crippen molar-refractivity contribution < 1.29 is 19.7 Å². The van der Waals surface area contributed by atoms with Crippen molar-refractivity contribution in [2.24, 2.45) is 5.92 Å². The third-order valence-electron chi connectivity index (χ3n) is 0.892. The Hall–Kier alpha value is -0.160. The SMILES string of the molecule is COCC(C)CO.COCO. The Balaban J connectivity index is 0. The Morgan fingerprint density at radius 1 is 1.18 bits per heavy atom. The predicted molar refractivity (Wildman–Crippen MR) is 42.2 cm³/mol. The van der Waals surface area contributed by atoms with Crippen LogP contribution in [0.3, 0.4) is 0 Å². The van der Waals surface area contributed by atoms with Gasteiger partial charge in [0, 0.05) is 26.7 Å². The molecule has 2 N–H and O–H groups in total. The molecule has 0 aromatic heterocycles. The maximum atomic E-state index is 8.39. The average Bonchev–Trinajstić information content (AvgIpc) is 2.05. The van der Waals surface area contributed by atoms with Crippen LogP contribution < -0.4 is 0 Å². The molecule has 4 nitrogen and oxygen atoms in total. The van der Waals surface area contributed by atoms with Gasteiger partial charge in [0.1, 0.15) is 6.79 Å². The van der Waals surface area contributed by atoms with Gasteiger partial charge in [0.25, 0.3) is 0 Å². The maximum Gasteiger partial charge on any atom is 0.143 e. The summed E-state index contributed by atoms with van der Waals surface area (Å²) in [6, 6.07) is 0. The normalized spacial score (nSPS) is 11.7. The summed E-state index contributed by atoms with van der Waals surface area (Å²) in [5, 5.41) is 16.0. The van der Waals surface area contributed by atoms with Gasteiger partial charge in [-0.1, -0.05) is 6.92 Å². The zero-order chi connectivity index (χ0) is 9.11. The van der Waals surface area contributed by atoms with Crippen LogP contribution in [0.1, 0.15) is 6.92 Å². The van der Waals surface area contributed by atoms with Crippen LogP contribution >= 0.6 is 0 Å². The zero-order valence-electron chi connectivity index (χ0n) is 7.41. The predicted octanol–water partition coefficient (Wildman–Crippen LogP) is -0.156. The van der Waals surface area contributed by atoms with Crippen molar-refractivity contribution in [3.8, 4) is 0 Å². The van der Waals surface area contributed by atoms with Crippen LogP contribution in [-0.4, -0.2) is 44.4 Å². The molecule has 0 aromatic rings. The minimum atomic E-state index is -0.181. The summed E-state index contributed by atoms with van der Waals surface area (Å²) in [4.78, 5) is 0. The van der Waals surface area contributed by atoms with Crippen LogP contribution in [-0.2, 0) is 9.47 Å². The van der Waals surface area contributed by atoms with Crippen molar-refractivity contribution >= 4 is 0 Å². The summed E-state index contributed by atoms with van der Waals surface area (Å²) >= 11 is 0. The molecule has 0 saturated heterocycles. The first-order valence-corrected chi connectivity index (χ1v) is 3.42. The molecule has 0 aliphatic carbocycles. The fraction of sp³-hybridized carbons (Fsp3) is 1.00. The van der Waals surface area contributed by atoms with Gasteiger partial charge >= 0.3 is 0 Å². The largest absolute Gasteiger partial charge is 0.396 e. The van der Waals surface area contributed by atoms with E-state index in [0.717, 1.165) is 0 Å². The second-order valence-electron chi connectivity index (χ2n) is 2.16. The number of methoxy groups -OCH3 is 2. The minimum absolute atomic E-state index is 0.181. The van der Waals surface area contributed by atoms with Crippen molar-refractivity contribution in [2.45, 2.75) is 6.92 Å². The molecule has 0 aliphatic heterocycles. The highest BCUT2D eigenvalue weighted by Gasteiger charge is 1.94. The molecule has 0 spiro atoms. The fourth-order valence-electron chi connectivity index (χ4n) is 0.337. The summed E-state index contributed by atoms with van der Waals surface area (Å²) in [5.74, 6) is 0.282. The van der Waals surface area contributed by atoms with Crippen molar-refractivity contribution in [3.63, 3.8) is 0 Å². The number of aliphatic hydroxyl groups excluding tert-OH is 2. The Morgan fingerprint density at radius 2 is 1.64 bits per heavy atom. The average molecular weight is 166 g/mol. The molecule has 0 aromatic carbocycles. The summed E-state index contributed by atoms with van der Waals surface area (Å²) in [6.45, 7) is 2.62. The minimum Gasteiger partial charge on any atom is -0.396 e. The molecule has 0 rings (SSSR count). The van der Waals surface area contributed by atoms with Gasteiger partial charge in [0.15, 0.2) is 0 Å². The van der Waals surface area contributed by atoms with E-state index in [2.05, 4.69) is 4.74 Å².